The van der Waals surface area contributed by atoms with E-state index in [9.17, 15) is 4.79 Å². The third-order valence-corrected chi connectivity index (χ3v) is 4.50. The topological polar surface area (TPSA) is 45.7 Å². The van der Waals surface area contributed by atoms with Crippen LogP contribution < -0.4 is 4.74 Å². The Bertz CT molecular complexity index is 678. The van der Waals surface area contributed by atoms with Crippen LogP contribution in [0.2, 0.25) is 0 Å². The van der Waals surface area contributed by atoms with Crippen LogP contribution in [0.4, 0.5) is 0 Å². The molecule has 3 rings (SSSR count). The molecule has 1 aromatic carbocycles. The molecule has 2 aromatic rings. The van der Waals surface area contributed by atoms with Crippen LogP contribution in [0.25, 0.3) is 0 Å². The van der Waals surface area contributed by atoms with Gasteiger partial charge in [-0.15, -0.1) is 0 Å². The molecule has 1 amide bonds. The molecule has 0 N–H and O–H groups in total. The highest BCUT2D eigenvalue weighted by Gasteiger charge is 2.23. The van der Waals surface area contributed by atoms with Crippen LogP contribution in [-0.2, 0) is 0 Å². The highest BCUT2D eigenvalue weighted by molar-refractivity contribution is 5.94. The van der Waals surface area contributed by atoms with E-state index in [1.54, 1.807) is 12.4 Å². The monoisotopic (exact) mass is 339 g/mol. The minimum atomic E-state index is 0.108. The number of pyridine rings is 1. The molecule has 25 heavy (non-hydrogen) atoms. The van der Waals surface area contributed by atoms with Gasteiger partial charge < -0.3 is 14.5 Å². The largest absolute Gasteiger partial charge is 0.456 e. The fourth-order valence-corrected chi connectivity index (χ4v) is 3.23. The van der Waals surface area contributed by atoms with Gasteiger partial charge in [0.05, 0.1) is 6.20 Å². The highest BCUT2D eigenvalue weighted by atomic mass is 16.5. The molecule has 5 heteroatoms. The molecule has 132 valence electrons. The summed E-state index contributed by atoms with van der Waals surface area (Å²) in [4.78, 5) is 20.9. The number of likely N-dealkylation sites (tertiary alicyclic amines) is 1. The van der Waals surface area contributed by atoms with Crippen LogP contribution in [0.5, 0.6) is 11.5 Å². The Kier molecular flexibility index (Phi) is 5.66. The number of hydrogen-bond donors (Lipinski definition) is 0. The van der Waals surface area contributed by atoms with Gasteiger partial charge in [-0.25, -0.2) is 0 Å². The van der Waals surface area contributed by atoms with E-state index in [1.807, 2.05) is 41.3 Å². The zero-order valence-electron chi connectivity index (χ0n) is 14.9. The van der Waals surface area contributed by atoms with Gasteiger partial charge in [-0.2, -0.15) is 0 Å². The van der Waals surface area contributed by atoms with E-state index >= 15 is 0 Å². The van der Waals surface area contributed by atoms with Crippen molar-refractivity contribution >= 4 is 5.91 Å². The minimum Gasteiger partial charge on any atom is -0.456 e. The summed E-state index contributed by atoms with van der Waals surface area (Å²) < 4.78 is 5.72. The molecule has 0 saturated carbocycles. The molecule has 0 spiro atoms. The number of carbonyl (C=O) groups excluding carboxylic acids is 1. The van der Waals surface area contributed by atoms with Gasteiger partial charge >= 0.3 is 0 Å². The SMILES string of the molecule is CN(C)CC1CCN(C(=O)c2ccc(Oc3cccnc3)cc2)CC1. The average Bonchev–Trinajstić information content (AvgIpc) is 2.63. The summed E-state index contributed by atoms with van der Waals surface area (Å²) in [5.41, 5.74) is 0.713. The second-order valence-corrected chi connectivity index (χ2v) is 6.81. The molecule has 0 atom stereocenters. The van der Waals surface area contributed by atoms with Crippen LogP contribution in [0.15, 0.2) is 48.8 Å². The van der Waals surface area contributed by atoms with E-state index in [0.717, 1.165) is 32.5 Å². The molecule has 0 aliphatic carbocycles. The molecule has 5 nitrogen and oxygen atoms in total. The number of benzene rings is 1. The number of piperidine rings is 1. The number of rotatable bonds is 5. The maximum absolute atomic E-state index is 12.7. The van der Waals surface area contributed by atoms with Crippen molar-refractivity contribution in [3.05, 3.63) is 54.4 Å². The van der Waals surface area contributed by atoms with Crippen molar-refractivity contribution in [2.75, 3.05) is 33.7 Å². The van der Waals surface area contributed by atoms with Crippen LogP contribution >= 0.6 is 0 Å². The zero-order chi connectivity index (χ0) is 17.6. The van der Waals surface area contributed by atoms with Crippen molar-refractivity contribution in [3.8, 4) is 11.5 Å². The van der Waals surface area contributed by atoms with E-state index in [4.69, 9.17) is 4.74 Å². The summed E-state index contributed by atoms with van der Waals surface area (Å²) in [5.74, 6) is 2.18. The molecule has 1 fully saturated rings. The molecule has 0 bridgehead atoms. The lowest BCUT2D eigenvalue weighted by Gasteiger charge is -2.33. The second-order valence-electron chi connectivity index (χ2n) is 6.81. The van der Waals surface area contributed by atoms with E-state index in [1.165, 1.54) is 0 Å². The minimum absolute atomic E-state index is 0.108. The summed E-state index contributed by atoms with van der Waals surface area (Å²) >= 11 is 0. The van der Waals surface area contributed by atoms with Crippen molar-refractivity contribution in [3.63, 3.8) is 0 Å². The lowest BCUT2D eigenvalue weighted by Crippen LogP contribution is -2.40. The maximum Gasteiger partial charge on any atom is 0.253 e. The summed E-state index contributed by atoms with van der Waals surface area (Å²) in [6, 6.07) is 11.0. The Hall–Kier alpha value is -2.40. The smallest absolute Gasteiger partial charge is 0.253 e. The van der Waals surface area contributed by atoms with E-state index in [-0.39, 0.29) is 5.91 Å². The van der Waals surface area contributed by atoms with Gasteiger partial charge in [0.25, 0.3) is 5.91 Å². The second kappa shape index (κ2) is 8.12. The summed E-state index contributed by atoms with van der Waals surface area (Å²) in [5, 5.41) is 0. The van der Waals surface area contributed by atoms with Crippen molar-refractivity contribution in [1.29, 1.82) is 0 Å². The Balaban J connectivity index is 1.56. The Morgan fingerprint density at radius 1 is 1.16 bits per heavy atom. The van der Waals surface area contributed by atoms with Crippen molar-refractivity contribution in [1.82, 2.24) is 14.8 Å². The number of carbonyl (C=O) groups is 1. The van der Waals surface area contributed by atoms with Crippen LogP contribution in [-0.4, -0.2) is 54.4 Å². The number of nitrogens with zero attached hydrogens (tertiary/aromatic N) is 3. The lowest BCUT2D eigenvalue weighted by molar-refractivity contribution is 0.0678. The molecule has 2 heterocycles. The van der Waals surface area contributed by atoms with Gasteiger partial charge in [0, 0.05) is 31.4 Å². The first-order valence-electron chi connectivity index (χ1n) is 8.74. The number of hydrogen-bond acceptors (Lipinski definition) is 4. The first kappa shape index (κ1) is 17.4. The molecule has 0 radical (unpaired) electrons. The predicted molar refractivity (Wildman–Crippen MR) is 97.9 cm³/mol. The number of amides is 1. The molecular formula is C20H25N3O2. The Labute approximate surface area is 149 Å². The third kappa shape index (κ3) is 4.79. The molecule has 1 saturated heterocycles. The van der Waals surface area contributed by atoms with Gasteiger partial charge in [0.1, 0.15) is 11.5 Å². The lowest BCUT2D eigenvalue weighted by atomic mass is 9.96. The van der Waals surface area contributed by atoms with Crippen LogP contribution in [0.1, 0.15) is 23.2 Å². The number of ether oxygens (including phenoxy) is 1. The van der Waals surface area contributed by atoms with E-state index in [2.05, 4.69) is 24.0 Å². The molecule has 0 unspecified atom stereocenters. The fourth-order valence-electron chi connectivity index (χ4n) is 3.23. The van der Waals surface area contributed by atoms with Crippen LogP contribution in [0.3, 0.4) is 0 Å². The zero-order valence-corrected chi connectivity index (χ0v) is 14.9. The number of aromatic nitrogens is 1. The molecule has 1 aliphatic heterocycles. The van der Waals surface area contributed by atoms with Crippen molar-refractivity contribution in [2.24, 2.45) is 5.92 Å². The van der Waals surface area contributed by atoms with Gasteiger partial charge in [-0.1, -0.05) is 0 Å². The first-order chi connectivity index (χ1) is 12.1. The quantitative estimate of drug-likeness (QED) is 0.838. The maximum atomic E-state index is 12.7. The van der Waals surface area contributed by atoms with Crippen LogP contribution in [0, 0.1) is 5.92 Å². The predicted octanol–water partition coefficient (Wildman–Crippen LogP) is 3.29. The summed E-state index contributed by atoms with van der Waals surface area (Å²) in [7, 11) is 4.21. The van der Waals surface area contributed by atoms with Gasteiger partial charge in [0.15, 0.2) is 0 Å². The van der Waals surface area contributed by atoms with Crippen molar-refractivity contribution < 1.29 is 9.53 Å². The van der Waals surface area contributed by atoms with Gasteiger partial charge in [0.2, 0.25) is 0 Å². The van der Waals surface area contributed by atoms with Gasteiger partial charge in [-0.05, 0) is 69.3 Å². The summed E-state index contributed by atoms with van der Waals surface area (Å²) in [6.45, 7) is 2.78. The molecule has 1 aliphatic rings. The van der Waals surface area contributed by atoms with E-state index < -0.39 is 0 Å². The van der Waals surface area contributed by atoms with Crippen molar-refractivity contribution in [2.45, 2.75) is 12.8 Å². The highest BCUT2D eigenvalue weighted by Crippen LogP contribution is 2.23. The van der Waals surface area contributed by atoms with Gasteiger partial charge in [-0.3, -0.25) is 9.78 Å². The first-order valence-corrected chi connectivity index (χ1v) is 8.74. The fraction of sp³-hybridized carbons (Fsp3) is 0.400. The van der Waals surface area contributed by atoms with E-state index in [0.29, 0.717) is 23.0 Å². The summed E-state index contributed by atoms with van der Waals surface area (Å²) in [6.07, 6.45) is 5.52. The third-order valence-electron chi connectivity index (χ3n) is 4.50. The Morgan fingerprint density at radius 3 is 2.48 bits per heavy atom. The molecule has 1 aromatic heterocycles. The molecular weight excluding hydrogens is 314 g/mol. The average molecular weight is 339 g/mol. The Morgan fingerprint density at radius 2 is 1.88 bits per heavy atom. The standard InChI is InChI=1S/C20H25N3O2/c1-22(2)15-16-9-12-23(13-10-16)20(24)17-5-7-18(8-6-17)25-19-4-3-11-21-14-19/h3-8,11,14,16H,9-10,12-13,15H2,1-2H3. The normalized spacial score (nSPS) is 15.4.